The predicted octanol–water partition coefficient (Wildman–Crippen LogP) is 1.82. The van der Waals surface area contributed by atoms with Gasteiger partial charge < -0.3 is 5.11 Å². The van der Waals surface area contributed by atoms with E-state index in [0.29, 0.717) is 19.3 Å². The molecule has 0 heterocycles. The van der Waals surface area contributed by atoms with Crippen molar-refractivity contribution in [3.05, 3.63) is 35.4 Å². The van der Waals surface area contributed by atoms with Crippen LogP contribution in [0.1, 0.15) is 24.0 Å². The number of aliphatic hydroxyl groups is 1. The SMILES string of the molecule is O=S(=O)(Cl)C1(Cc2ccc(CO)cc2)CC1. The van der Waals surface area contributed by atoms with Gasteiger partial charge in [0.15, 0.2) is 0 Å². The van der Waals surface area contributed by atoms with Gasteiger partial charge in [-0.05, 0) is 30.4 Å². The molecule has 1 saturated carbocycles. The van der Waals surface area contributed by atoms with Crippen LogP contribution >= 0.6 is 10.7 Å². The Bertz CT molecular complexity index is 474. The number of halogens is 1. The highest BCUT2D eigenvalue weighted by molar-refractivity contribution is 8.15. The molecule has 0 atom stereocenters. The number of rotatable bonds is 4. The average Bonchev–Trinajstić information content (AvgIpc) is 2.99. The van der Waals surface area contributed by atoms with Crippen LogP contribution in [-0.4, -0.2) is 18.3 Å². The van der Waals surface area contributed by atoms with Gasteiger partial charge in [0.25, 0.3) is 0 Å². The zero-order valence-corrected chi connectivity index (χ0v) is 10.3. The molecule has 1 fully saturated rings. The number of benzene rings is 1. The summed E-state index contributed by atoms with van der Waals surface area (Å²) in [5, 5.41) is 8.89. The highest BCUT2D eigenvalue weighted by Gasteiger charge is 2.53. The second-order valence-electron chi connectivity index (χ2n) is 4.27. The van der Waals surface area contributed by atoms with Crippen LogP contribution in [-0.2, 0) is 22.1 Å². The Labute approximate surface area is 99.5 Å². The maximum atomic E-state index is 11.4. The van der Waals surface area contributed by atoms with E-state index in [0.717, 1.165) is 11.1 Å². The smallest absolute Gasteiger partial charge is 0.238 e. The highest BCUT2D eigenvalue weighted by Crippen LogP contribution is 2.48. The van der Waals surface area contributed by atoms with Crippen molar-refractivity contribution in [1.29, 1.82) is 0 Å². The Kier molecular flexibility index (Phi) is 2.99. The first-order chi connectivity index (χ1) is 7.47. The van der Waals surface area contributed by atoms with Gasteiger partial charge in [0.1, 0.15) is 0 Å². The zero-order valence-electron chi connectivity index (χ0n) is 8.69. The van der Waals surface area contributed by atoms with E-state index in [-0.39, 0.29) is 6.61 Å². The predicted molar refractivity (Wildman–Crippen MR) is 62.8 cm³/mol. The van der Waals surface area contributed by atoms with Crippen molar-refractivity contribution in [2.75, 3.05) is 0 Å². The molecule has 0 aliphatic heterocycles. The van der Waals surface area contributed by atoms with Crippen LogP contribution in [0.25, 0.3) is 0 Å². The molecule has 0 bridgehead atoms. The molecular weight excluding hydrogens is 248 g/mol. The second kappa shape index (κ2) is 4.02. The molecule has 1 aliphatic carbocycles. The maximum Gasteiger partial charge on any atom is 0.238 e. The third-order valence-corrected chi connectivity index (χ3v) is 5.63. The summed E-state index contributed by atoms with van der Waals surface area (Å²) in [5.74, 6) is 0. The minimum Gasteiger partial charge on any atom is -0.392 e. The van der Waals surface area contributed by atoms with E-state index in [4.69, 9.17) is 15.8 Å². The third kappa shape index (κ3) is 2.24. The van der Waals surface area contributed by atoms with Crippen molar-refractivity contribution in [2.45, 2.75) is 30.6 Å². The molecule has 3 nitrogen and oxygen atoms in total. The molecule has 5 heteroatoms. The van der Waals surface area contributed by atoms with Gasteiger partial charge in [-0.2, -0.15) is 0 Å². The van der Waals surface area contributed by atoms with E-state index in [1.54, 1.807) is 12.1 Å². The Morgan fingerprint density at radius 1 is 1.19 bits per heavy atom. The molecule has 1 aromatic carbocycles. The molecule has 16 heavy (non-hydrogen) atoms. The van der Waals surface area contributed by atoms with Gasteiger partial charge in [-0.15, -0.1) is 0 Å². The minimum absolute atomic E-state index is 0.000766. The Morgan fingerprint density at radius 2 is 1.69 bits per heavy atom. The van der Waals surface area contributed by atoms with E-state index >= 15 is 0 Å². The summed E-state index contributed by atoms with van der Waals surface area (Å²) < 4.78 is 22.0. The first kappa shape index (κ1) is 11.9. The summed E-state index contributed by atoms with van der Waals surface area (Å²) in [7, 11) is 1.95. The van der Waals surface area contributed by atoms with Crippen LogP contribution in [0.15, 0.2) is 24.3 Å². The van der Waals surface area contributed by atoms with E-state index in [1.807, 2.05) is 12.1 Å². The Balaban J connectivity index is 2.16. The fourth-order valence-electron chi connectivity index (χ4n) is 1.78. The highest BCUT2D eigenvalue weighted by atomic mass is 35.7. The van der Waals surface area contributed by atoms with Crippen LogP contribution in [0.4, 0.5) is 0 Å². The van der Waals surface area contributed by atoms with Gasteiger partial charge in [0.05, 0.1) is 11.4 Å². The summed E-state index contributed by atoms with van der Waals surface area (Å²) >= 11 is 0. The lowest BCUT2D eigenvalue weighted by Gasteiger charge is -2.11. The molecule has 0 aromatic heterocycles. The lowest BCUT2D eigenvalue weighted by atomic mass is 10.1. The van der Waals surface area contributed by atoms with Crippen molar-refractivity contribution in [3.8, 4) is 0 Å². The number of hydrogen-bond acceptors (Lipinski definition) is 3. The first-order valence-corrected chi connectivity index (χ1v) is 7.41. The van der Waals surface area contributed by atoms with Crippen LogP contribution in [0.3, 0.4) is 0 Å². The number of aliphatic hydroxyl groups excluding tert-OH is 1. The second-order valence-corrected chi connectivity index (χ2v) is 7.23. The largest absolute Gasteiger partial charge is 0.392 e. The standard InChI is InChI=1S/C11H13ClO3S/c12-16(14,15)11(5-6-11)7-9-1-3-10(8-13)4-2-9/h1-4,13H,5-8H2. The van der Waals surface area contributed by atoms with E-state index in [9.17, 15) is 8.42 Å². The van der Waals surface area contributed by atoms with Crippen LogP contribution < -0.4 is 0 Å². The van der Waals surface area contributed by atoms with Crippen molar-refractivity contribution in [3.63, 3.8) is 0 Å². The summed E-state index contributed by atoms with van der Waals surface area (Å²) in [6.07, 6.45) is 1.74. The van der Waals surface area contributed by atoms with Gasteiger partial charge in [0.2, 0.25) is 9.05 Å². The van der Waals surface area contributed by atoms with Crippen molar-refractivity contribution in [2.24, 2.45) is 0 Å². The minimum atomic E-state index is -3.48. The topological polar surface area (TPSA) is 54.4 Å². The molecule has 0 spiro atoms. The van der Waals surface area contributed by atoms with Crippen LogP contribution in [0, 0.1) is 0 Å². The first-order valence-electron chi connectivity index (χ1n) is 5.10. The summed E-state index contributed by atoms with van der Waals surface area (Å²) in [5.41, 5.74) is 1.77. The van der Waals surface area contributed by atoms with Gasteiger partial charge in [0, 0.05) is 10.7 Å². The Morgan fingerprint density at radius 3 is 2.06 bits per heavy atom. The van der Waals surface area contributed by atoms with E-state index in [1.165, 1.54) is 0 Å². The summed E-state index contributed by atoms with van der Waals surface area (Å²) in [4.78, 5) is 0. The number of hydrogen-bond donors (Lipinski definition) is 1. The molecule has 2 rings (SSSR count). The zero-order chi connectivity index (χ0) is 11.8. The van der Waals surface area contributed by atoms with Crippen molar-refractivity contribution < 1.29 is 13.5 Å². The lowest BCUT2D eigenvalue weighted by Crippen LogP contribution is -2.20. The van der Waals surface area contributed by atoms with E-state index < -0.39 is 13.8 Å². The average molecular weight is 261 g/mol. The molecular formula is C11H13ClO3S. The quantitative estimate of drug-likeness (QED) is 0.841. The monoisotopic (exact) mass is 260 g/mol. The van der Waals surface area contributed by atoms with Gasteiger partial charge in [-0.1, -0.05) is 24.3 Å². The molecule has 0 amide bonds. The lowest BCUT2D eigenvalue weighted by molar-refractivity contribution is 0.282. The van der Waals surface area contributed by atoms with E-state index in [2.05, 4.69) is 0 Å². The summed E-state index contributed by atoms with van der Waals surface area (Å²) in [6, 6.07) is 7.28. The molecule has 0 unspecified atom stereocenters. The summed E-state index contributed by atoms with van der Waals surface area (Å²) in [6.45, 7) is -0.000766. The molecule has 1 N–H and O–H groups in total. The van der Waals surface area contributed by atoms with Crippen LogP contribution in [0.5, 0.6) is 0 Å². The van der Waals surface area contributed by atoms with Crippen molar-refractivity contribution >= 4 is 19.7 Å². The van der Waals surface area contributed by atoms with Gasteiger partial charge in [-0.3, -0.25) is 0 Å². The fourth-order valence-corrected chi connectivity index (χ4v) is 3.34. The Hall–Kier alpha value is -0.580. The third-order valence-electron chi connectivity index (χ3n) is 3.06. The molecule has 1 aliphatic rings. The van der Waals surface area contributed by atoms with Crippen LogP contribution in [0.2, 0.25) is 0 Å². The molecule has 0 radical (unpaired) electrons. The molecule has 0 saturated heterocycles. The van der Waals surface area contributed by atoms with Gasteiger partial charge in [-0.25, -0.2) is 8.42 Å². The normalized spacial score (nSPS) is 18.4. The molecule has 88 valence electrons. The van der Waals surface area contributed by atoms with Gasteiger partial charge >= 0.3 is 0 Å². The maximum absolute atomic E-state index is 11.4. The van der Waals surface area contributed by atoms with Crippen molar-refractivity contribution in [1.82, 2.24) is 0 Å². The molecule has 1 aromatic rings. The fraction of sp³-hybridized carbons (Fsp3) is 0.455.